The summed E-state index contributed by atoms with van der Waals surface area (Å²) in [6.45, 7) is 1.88. The van der Waals surface area contributed by atoms with Crippen LogP contribution in [0.25, 0.3) is 22.0 Å². The minimum Gasteiger partial charge on any atom is -0.262 e. The molecule has 2 heterocycles. The molecule has 0 N–H and O–H groups in total. The van der Waals surface area contributed by atoms with Crippen molar-refractivity contribution in [3.05, 3.63) is 59.0 Å². The average Bonchev–Trinajstić information content (AvgIpc) is 3.20. The van der Waals surface area contributed by atoms with Crippen LogP contribution in [0.2, 0.25) is 0 Å². The van der Waals surface area contributed by atoms with Crippen LogP contribution in [-0.2, 0) is 0 Å². The van der Waals surface area contributed by atoms with E-state index in [2.05, 4.69) is 11.1 Å². The first kappa shape index (κ1) is 17.3. The molecule has 0 aliphatic heterocycles. The van der Waals surface area contributed by atoms with E-state index in [0.29, 0.717) is 22.0 Å². The fourth-order valence-electron chi connectivity index (χ4n) is 4.01. The van der Waals surface area contributed by atoms with Crippen LogP contribution in [0, 0.1) is 18.3 Å². The van der Waals surface area contributed by atoms with Crippen LogP contribution in [0.1, 0.15) is 58.9 Å². The highest BCUT2D eigenvalue weighted by Gasteiger charge is 2.26. The molecule has 1 aromatic carbocycles. The van der Waals surface area contributed by atoms with Crippen LogP contribution in [0.3, 0.4) is 0 Å². The molecule has 2 aromatic heterocycles. The van der Waals surface area contributed by atoms with Crippen molar-refractivity contribution in [2.24, 2.45) is 0 Å². The summed E-state index contributed by atoms with van der Waals surface area (Å²) in [4.78, 5) is 20.3. The molecule has 27 heavy (non-hydrogen) atoms. The zero-order chi connectivity index (χ0) is 19.0. The number of pyridine rings is 2. The molecule has 0 radical (unpaired) electrons. The van der Waals surface area contributed by atoms with Crippen LogP contribution in [-0.4, -0.2) is 16.0 Å². The predicted molar refractivity (Wildman–Crippen MR) is 101 cm³/mol. The molecule has 4 rings (SSSR count). The number of aryl methyl sites for hydroxylation is 1. The van der Waals surface area contributed by atoms with Crippen molar-refractivity contribution in [2.75, 3.05) is 0 Å². The van der Waals surface area contributed by atoms with Crippen molar-refractivity contribution in [3.8, 4) is 17.2 Å². The monoisotopic (exact) mass is 359 g/mol. The number of hydrogen-bond acceptors (Lipinski definition) is 4. The number of rotatable bonds is 3. The van der Waals surface area contributed by atoms with E-state index in [1.54, 1.807) is 12.3 Å². The van der Waals surface area contributed by atoms with Gasteiger partial charge in [-0.1, -0.05) is 12.8 Å². The molecule has 1 aliphatic carbocycles. The lowest BCUT2D eigenvalue weighted by molar-refractivity contribution is 0.0836. The van der Waals surface area contributed by atoms with Gasteiger partial charge in [0.1, 0.15) is 6.07 Å². The predicted octanol–water partition coefficient (Wildman–Crippen LogP) is 5.24. The summed E-state index contributed by atoms with van der Waals surface area (Å²) in [5.41, 5.74) is 4.32. The largest absolute Gasteiger partial charge is 0.332 e. The standard InChI is InChI=1S/C22H18FN3O/c1-13-10-15(8-9-25-13)20-17-11-16(22(23)27)6-7-19(17)26-21(18(20)12-24)14-4-2-3-5-14/h6-11,14H,2-5H2,1H3. The van der Waals surface area contributed by atoms with Gasteiger partial charge in [0.2, 0.25) is 0 Å². The highest BCUT2D eigenvalue weighted by molar-refractivity contribution is 6.02. The molecule has 1 saturated carbocycles. The first-order valence-corrected chi connectivity index (χ1v) is 9.09. The van der Waals surface area contributed by atoms with Crippen molar-refractivity contribution in [3.63, 3.8) is 0 Å². The summed E-state index contributed by atoms with van der Waals surface area (Å²) in [5.74, 6) is 0.258. The lowest BCUT2D eigenvalue weighted by atomic mass is 9.89. The highest BCUT2D eigenvalue weighted by Crippen LogP contribution is 2.40. The number of nitriles is 1. The van der Waals surface area contributed by atoms with Crippen molar-refractivity contribution in [2.45, 2.75) is 38.5 Å². The summed E-state index contributed by atoms with van der Waals surface area (Å²) in [7, 11) is 0. The Hall–Kier alpha value is -3.13. The van der Waals surface area contributed by atoms with Gasteiger partial charge in [-0.05, 0) is 55.7 Å². The van der Waals surface area contributed by atoms with E-state index in [9.17, 15) is 14.4 Å². The molecule has 0 saturated heterocycles. The van der Waals surface area contributed by atoms with E-state index in [-0.39, 0.29) is 11.5 Å². The number of halogens is 1. The van der Waals surface area contributed by atoms with E-state index in [4.69, 9.17) is 4.98 Å². The zero-order valence-electron chi connectivity index (χ0n) is 15.0. The van der Waals surface area contributed by atoms with Crippen molar-refractivity contribution in [1.82, 2.24) is 9.97 Å². The van der Waals surface area contributed by atoms with E-state index < -0.39 is 6.04 Å². The number of carbonyl (C=O) groups excluding carboxylic acids is 1. The van der Waals surface area contributed by atoms with Gasteiger partial charge in [-0.15, -0.1) is 0 Å². The first-order chi connectivity index (χ1) is 13.1. The average molecular weight is 359 g/mol. The summed E-state index contributed by atoms with van der Waals surface area (Å²) in [5, 5.41) is 10.6. The summed E-state index contributed by atoms with van der Waals surface area (Å²) < 4.78 is 13.3. The summed E-state index contributed by atoms with van der Waals surface area (Å²) in [6, 6.07) is 9.19. The smallest absolute Gasteiger partial charge is 0.262 e. The van der Waals surface area contributed by atoms with Crippen LogP contribution in [0.5, 0.6) is 0 Å². The molecule has 1 aliphatic rings. The molecule has 0 atom stereocenters. The third-order valence-corrected chi connectivity index (χ3v) is 5.28. The SMILES string of the molecule is Cc1cc(-c2c(C#N)c(C3CCCC3)nc3ccc(C(=O)F)cc23)ccn1. The quantitative estimate of drug-likeness (QED) is 0.600. The summed E-state index contributed by atoms with van der Waals surface area (Å²) in [6.07, 6.45) is 5.99. The molecular formula is C22H18FN3O. The molecule has 134 valence electrons. The molecular weight excluding hydrogens is 341 g/mol. The Kier molecular flexibility index (Phi) is 4.41. The molecule has 0 spiro atoms. The van der Waals surface area contributed by atoms with E-state index in [1.807, 2.05) is 19.1 Å². The molecule has 5 heteroatoms. The molecule has 0 amide bonds. The molecule has 1 fully saturated rings. The number of benzene rings is 1. The van der Waals surface area contributed by atoms with Crippen LogP contribution in [0.15, 0.2) is 36.5 Å². The Balaban J connectivity index is 2.09. The van der Waals surface area contributed by atoms with Crippen molar-refractivity contribution >= 4 is 16.9 Å². The van der Waals surface area contributed by atoms with Crippen molar-refractivity contribution < 1.29 is 9.18 Å². The number of nitrogens with zero attached hydrogens (tertiary/aromatic N) is 3. The van der Waals surface area contributed by atoms with Crippen LogP contribution >= 0.6 is 0 Å². The Morgan fingerprint density at radius 2 is 2.00 bits per heavy atom. The second kappa shape index (κ2) is 6.88. The molecule has 0 bridgehead atoms. The Morgan fingerprint density at radius 3 is 2.67 bits per heavy atom. The van der Waals surface area contributed by atoms with E-state index in [1.165, 1.54) is 12.1 Å². The first-order valence-electron chi connectivity index (χ1n) is 9.09. The third-order valence-electron chi connectivity index (χ3n) is 5.28. The molecule has 3 aromatic rings. The maximum atomic E-state index is 13.3. The Bertz CT molecular complexity index is 1090. The third kappa shape index (κ3) is 3.08. The van der Waals surface area contributed by atoms with Gasteiger partial charge in [0.15, 0.2) is 0 Å². The van der Waals surface area contributed by atoms with Gasteiger partial charge < -0.3 is 0 Å². The van der Waals surface area contributed by atoms with Gasteiger partial charge >= 0.3 is 6.04 Å². The van der Waals surface area contributed by atoms with Gasteiger partial charge in [0.25, 0.3) is 0 Å². The minimum atomic E-state index is -1.49. The summed E-state index contributed by atoms with van der Waals surface area (Å²) >= 11 is 0. The van der Waals surface area contributed by atoms with Gasteiger partial charge in [-0.25, -0.2) is 0 Å². The zero-order valence-corrected chi connectivity index (χ0v) is 15.0. The molecule has 4 nitrogen and oxygen atoms in total. The van der Waals surface area contributed by atoms with E-state index in [0.717, 1.165) is 42.6 Å². The Morgan fingerprint density at radius 1 is 1.22 bits per heavy atom. The number of aromatic nitrogens is 2. The Labute approximate surface area is 156 Å². The lowest BCUT2D eigenvalue weighted by Gasteiger charge is -2.17. The van der Waals surface area contributed by atoms with Crippen LogP contribution in [0.4, 0.5) is 4.39 Å². The maximum Gasteiger partial charge on any atom is 0.332 e. The highest BCUT2D eigenvalue weighted by atomic mass is 19.1. The fraction of sp³-hybridized carbons (Fsp3) is 0.273. The van der Waals surface area contributed by atoms with Gasteiger partial charge in [-0.3, -0.25) is 14.8 Å². The number of fused-ring (bicyclic) bond motifs is 1. The van der Waals surface area contributed by atoms with Crippen molar-refractivity contribution in [1.29, 1.82) is 5.26 Å². The lowest BCUT2D eigenvalue weighted by Crippen LogP contribution is -2.05. The number of hydrogen-bond donors (Lipinski definition) is 0. The van der Waals surface area contributed by atoms with Gasteiger partial charge in [-0.2, -0.15) is 9.65 Å². The molecule has 0 unspecified atom stereocenters. The fourth-order valence-corrected chi connectivity index (χ4v) is 4.01. The van der Waals surface area contributed by atoms with E-state index >= 15 is 0 Å². The maximum absolute atomic E-state index is 13.3. The minimum absolute atomic E-state index is 0.0335. The van der Waals surface area contributed by atoms with Gasteiger partial charge in [0.05, 0.1) is 22.3 Å². The second-order valence-corrected chi connectivity index (χ2v) is 7.03. The topological polar surface area (TPSA) is 66.6 Å². The number of carbonyl (C=O) groups is 1. The van der Waals surface area contributed by atoms with Gasteiger partial charge in [0, 0.05) is 28.8 Å². The normalized spacial score (nSPS) is 14.4. The second-order valence-electron chi connectivity index (χ2n) is 7.03. The van der Waals surface area contributed by atoms with Crippen LogP contribution < -0.4 is 0 Å².